The molecular weight excluding hydrogens is 329 g/mol. The number of benzene rings is 1. The molecule has 0 bridgehead atoms. The molecule has 0 saturated heterocycles. The van der Waals surface area contributed by atoms with Crippen LogP contribution in [-0.4, -0.2) is 22.5 Å². The monoisotopic (exact) mass is 349 g/mol. The molecule has 1 amide bonds. The third-order valence-corrected chi connectivity index (χ3v) is 3.84. The number of para-hydroxylation sites is 1. The third kappa shape index (κ3) is 5.43. The Bertz CT molecular complexity index is 562. The summed E-state index contributed by atoms with van der Waals surface area (Å²) in [5, 5.41) is 3.95. The average molecular weight is 350 g/mol. The zero-order valence-corrected chi connectivity index (χ0v) is 14.7. The number of carbonyl (C=O) groups is 1. The number of rotatable bonds is 4. The Balaban J connectivity index is 0.00000200. The Morgan fingerprint density at radius 1 is 1.38 bits per heavy atom. The molecular formula is C14H21Cl2N3OS. The second kappa shape index (κ2) is 7.94. The number of aromatic nitrogens is 1. The van der Waals surface area contributed by atoms with Crippen molar-refractivity contribution in [2.75, 3.05) is 0 Å². The maximum Gasteiger partial charge on any atom is 0.239 e. The van der Waals surface area contributed by atoms with Gasteiger partial charge in [-0.1, -0.05) is 12.1 Å². The predicted molar refractivity (Wildman–Crippen MR) is 93.7 cm³/mol. The van der Waals surface area contributed by atoms with Gasteiger partial charge >= 0.3 is 0 Å². The number of nitrogens with zero attached hydrogens (tertiary/aromatic N) is 1. The van der Waals surface area contributed by atoms with Crippen molar-refractivity contribution in [1.29, 1.82) is 0 Å². The predicted octanol–water partition coefficient (Wildman–Crippen LogP) is 2.92. The van der Waals surface area contributed by atoms with Crippen molar-refractivity contribution in [3.05, 3.63) is 29.3 Å². The van der Waals surface area contributed by atoms with E-state index in [-0.39, 0.29) is 36.8 Å². The normalized spacial score (nSPS) is 12.2. The molecule has 1 aromatic carbocycles. The SMILES string of the molecule is CC(Cc1nc2ccccc2s1)NC(=O)C(C)(C)N.Cl.Cl. The van der Waals surface area contributed by atoms with Crippen LogP contribution in [0.5, 0.6) is 0 Å². The first kappa shape index (κ1) is 20.1. The van der Waals surface area contributed by atoms with E-state index >= 15 is 0 Å². The van der Waals surface area contributed by atoms with Crippen LogP contribution in [0.4, 0.5) is 0 Å². The maximum absolute atomic E-state index is 11.8. The molecule has 0 fully saturated rings. The summed E-state index contributed by atoms with van der Waals surface area (Å²) in [6.07, 6.45) is 0.723. The zero-order chi connectivity index (χ0) is 14.0. The van der Waals surface area contributed by atoms with E-state index in [9.17, 15) is 4.79 Å². The van der Waals surface area contributed by atoms with Crippen molar-refractivity contribution in [2.45, 2.75) is 38.8 Å². The molecule has 0 spiro atoms. The molecule has 21 heavy (non-hydrogen) atoms. The Labute approximate surface area is 141 Å². The summed E-state index contributed by atoms with van der Waals surface area (Å²) in [4.78, 5) is 16.3. The van der Waals surface area contributed by atoms with Crippen molar-refractivity contribution >= 4 is 52.3 Å². The number of amides is 1. The minimum absolute atomic E-state index is 0. The van der Waals surface area contributed by atoms with Crippen LogP contribution in [0, 0.1) is 0 Å². The van der Waals surface area contributed by atoms with Gasteiger partial charge in [-0.3, -0.25) is 4.79 Å². The zero-order valence-electron chi connectivity index (χ0n) is 12.3. The minimum Gasteiger partial charge on any atom is -0.352 e. The lowest BCUT2D eigenvalue weighted by molar-refractivity contribution is -0.125. The largest absolute Gasteiger partial charge is 0.352 e. The van der Waals surface area contributed by atoms with Crippen LogP contribution in [0.1, 0.15) is 25.8 Å². The molecule has 0 saturated carbocycles. The molecule has 4 nitrogen and oxygen atoms in total. The Morgan fingerprint density at radius 3 is 2.57 bits per heavy atom. The molecule has 118 valence electrons. The first-order valence-electron chi connectivity index (χ1n) is 6.30. The van der Waals surface area contributed by atoms with Gasteiger partial charge in [0.05, 0.1) is 20.8 Å². The molecule has 1 unspecified atom stereocenters. The quantitative estimate of drug-likeness (QED) is 0.891. The summed E-state index contributed by atoms with van der Waals surface area (Å²) in [5.41, 5.74) is 5.93. The maximum atomic E-state index is 11.8. The number of halogens is 2. The highest BCUT2D eigenvalue weighted by atomic mass is 35.5. The van der Waals surface area contributed by atoms with Gasteiger partial charge < -0.3 is 11.1 Å². The second-order valence-corrected chi connectivity index (χ2v) is 6.49. The number of fused-ring (bicyclic) bond motifs is 1. The van der Waals surface area contributed by atoms with Crippen LogP contribution in [-0.2, 0) is 11.2 Å². The van der Waals surface area contributed by atoms with Gasteiger partial charge in [-0.2, -0.15) is 0 Å². The highest BCUT2D eigenvalue weighted by Gasteiger charge is 2.23. The molecule has 1 aromatic heterocycles. The molecule has 0 aliphatic carbocycles. The van der Waals surface area contributed by atoms with E-state index < -0.39 is 5.54 Å². The Hall–Kier alpha value is -0.880. The summed E-state index contributed by atoms with van der Waals surface area (Å²) in [6.45, 7) is 5.37. The number of nitrogens with one attached hydrogen (secondary N) is 1. The van der Waals surface area contributed by atoms with Gasteiger partial charge in [-0.05, 0) is 32.9 Å². The van der Waals surface area contributed by atoms with Crippen molar-refractivity contribution in [1.82, 2.24) is 10.3 Å². The molecule has 0 aliphatic rings. The van der Waals surface area contributed by atoms with Gasteiger partial charge in [0, 0.05) is 12.5 Å². The summed E-state index contributed by atoms with van der Waals surface area (Å²) in [5.74, 6) is -0.138. The molecule has 1 atom stereocenters. The molecule has 1 heterocycles. The van der Waals surface area contributed by atoms with E-state index in [1.807, 2.05) is 25.1 Å². The molecule has 2 aromatic rings. The summed E-state index contributed by atoms with van der Waals surface area (Å²) < 4.78 is 1.18. The van der Waals surface area contributed by atoms with E-state index in [4.69, 9.17) is 5.73 Å². The second-order valence-electron chi connectivity index (χ2n) is 5.38. The van der Waals surface area contributed by atoms with E-state index in [0.29, 0.717) is 0 Å². The van der Waals surface area contributed by atoms with Crippen molar-refractivity contribution < 1.29 is 4.79 Å². The summed E-state index contributed by atoms with van der Waals surface area (Å²) >= 11 is 1.67. The fourth-order valence-corrected chi connectivity index (χ4v) is 2.83. The van der Waals surface area contributed by atoms with Crippen molar-refractivity contribution in [3.8, 4) is 0 Å². The first-order chi connectivity index (χ1) is 8.86. The lowest BCUT2D eigenvalue weighted by atomic mass is 10.1. The third-order valence-electron chi connectivity index (χ3n) is 2.78. The van der Waals surface area contributed by atoms with Gasteiger partial charge in [0.1, 0.15) is 0 Å². The molecule has 0 aliphatic heterocycles. The fraction of sp³-hybridized carbons (Fsp3) is 0.429. The highest BCUT2D eigenvalue weighted by Crippen LogP contribution is 2.22. The lowest BCUT2D eigenvalue weighted by Crippen LogP contribution is -2.51. The topological polar surface area (TPSA) is 68.0 Å². The number of nitrogens with two attached hydrogens (primary N) is 1. The van der Waals surface area contributed by atoms with Crippen molar-refractivity contribution in [3.63, 3.8) is 0 Å². The first-order valence-corrected chi connectivity index (χ1v) is 7.12. The number of hydrogen-bond donors (Lipinski definition) is 2. The summed E-state index contributed by atoms with van der Waals surface area (Å²) in [7, 11) is 0. The Morgan fingerprint density at radius 2 is 2.00 bits per heavy atom. The van der Waals surface area contributed by atoms with Crippen LogP contribution in [0.2, 0.25) is 0 Å². The smallest absolute Gasteiger partial charge is 0.239 e. The number of carbonyl (C=O) groups excluding carboxylic acids is 1. The van der Waals surface area contributed by atoms with E-state index in [0.717, 1.165) is 16.9 Å². The number of thiazole rings is 1. The minimum atomic E-state index is -0.845. The van der Waals surface area contributed by atoms with Crippen molar-refractivity contribution in [2.24, 2.45) is 5.73 Å². The summed E-state index contributed by atoms with van der Waals surface area (Å²) in [6, 6.07) is 8.07. The van der Waals surface area contributed by atoms with Crippen LogP contribution < -0.4 is 11.1 Å². The van der Waals surface area contributed by atoms with Gasteiger partial charge in [0.15, 0.2) is 0 Å². The van der Waals surface area contributed by atoms with E-state index in [1.165, 1.54) is 4.70 Å². The lowest BCUT2D eigenvalue weighted by Gasteiger charge is -2.21. The average Bonchev–Trinajstić information content (AvgIpc) is 2.69. The highest BCUT2D eigenvalue weighted by molar-refractivity contribution is 7.18. The van der Waals surface area contributed by atoms with E-state index in [1.54, 1.807) is 25.2 Å². The van der Waals surface area contributed by atoms with Gasteiger partial charge in [0.2, 0.25) is 5.91 Å². The van der Waals surface area contributed by atoms with Gasteiger partial charge in [0.25, 0.3) is 0 Å². The van der Waals surface area contributed by atoms with E-state index in [2.05, 4.69) is 16.4 Å². The van der Waals surface area contributed by atoms with Crippen LogP contribution in [0.25, 0.3) is 10.2 Å². The van der Waals surface area contributed by atoms with Crippen LogP contribution in [0.15, 0.2) is 24.3 Å². The van der Waals surface area contributed by atoms with Crippen LogP contribution >= 0.6 is 36.2 Å². The van der Waals surface area contributed by atoms with Gasteiger partial charge in [-0.25, -0.2) is 4.98 Å². The molecule has 3 N–H and O–H groups in total. The van der Waals surface area contributed by atoms with Gasteiger partial charge in [-0.15, -0.1) is 36.2 Å². The number of hydrogen-bond acceptors (Lipinski definition) is 4. The standard InChI is InChI=1S/C14H19N3OS.2ClH/c1-9(16-13(18)14(2,3)15)8-12-17-10-6-4-5-7-11(10)19-12;;/h4-7,9H,8,15H2,1-3H3,(H,16,18);2*1H. The Kier molecular flexibility index (Phi) is 7.61. The molecule has 7 heteroatoms. The molecule has 0 radical (unpaired) electrons. The molecule has 2 rings (SSSR count). The fourth-order valence-electron chi connectivity index (χ4n) is 1.73. The van der Waals surface area contributed by atoms with Crippen LogP contribution in [0.3, 0.4) is 0 Å².